The van der Waals surface area contributed by atoms with Crippen LogP contribution in [-0.2, 0) is 4.79 Å². The predicted molar refractivity (Wildman–Crippen MR) is 44.1 cm³/mol. The Morgan fingerprint density at radius 1 is 0.720 bits per heavy atom. The van der Waals surface area contributed by atoms with E-state index >= 15 is 0 Å². The van der Waals surface area contributed by atoms with Crippen molar-refractivity contribution in [3.8, 4) is 0 Å². The molecule has 3 nitrogen and oxygen atoms in total. The van der Waals surface area contributed by atoms with Crippen LogP contribution in [0, 0.1) is 0 Å². The van der Waals surface area contributed by atoms with Gasteiger partial charge < -0.3 is 5.11 Å². The van der Waals surface area contributed by atoms with Crippen molar-refractivity contribution < 1.29 is 71.4 Å². The number of nitrogens with zero attached hydrogens (tertiary/aromatic N) is 1. The lowest BCUT2D eigenvalue weighted by Crippen LogP contribution is -2.72. The summed E-state index contributed by atoms with van der Waals surface area (Å²) in [4.78, 5) is 6.07. The number of aliphatic carboxylic acids is 1. The molecular formula is C8HF14NO2. The Morgan fingerprint density at radius 2 is 1.00 bits per heavy atom. The average molecular weight is 409 g/mol. The molecule has 0 amide bonds. The van der Waals surface area contributed by atoms with Gasteiger partial charge in [-0.3, -0.25) is 0 Å². The predicted octanol–water partition coefficient (Wildman–Crippen LogP) is 3.71. The molecule has 1 rings (SSSR count). The van der Waals surface area contributed by atoms with Crippen molar-refractivity contribution in [3.63, 3.8) is 0 Å². The number of carbonyl (C=O) groups is 1. The molecule has 1 heterocycles. The lowest BCUT2D eigenvalue weighted by atomic mass is 10.0. The van der Waals surface area contributed by atoms with Crippen LogP contribution in [0.2, 0.25) is 0 Å². The zero-order valence-corrected chi connectivity index (χ0v) is 10.6. The van der Waals surface area contributed by atoms with Crippen molar-refractivity contribution in [2.45, 2.75) is 41.8 Å². The molecule has 25 heavy (non-hydrogen) atoms. The van der Waals surface area contributed by atoms with Crippen molar-refractivity contribution in [1.29, 1.82) is 0 Å². The molecule has 0 saturated carbocycles. The average Bonchev–Trinajstić information content (AvgIpc) is 2.40. The number of hydrogen-bond donors (Lipinski definition) is 1. The van der Waals surface area contributed by atoms with Crippen LogP contribution in [0.15, 0.2) is 0 Å². The van der Waals surface area contributed by atoms with E-state index in [1.807, 2.05) is 0 Å². The minimum atomic E-state index is -7.80. The van der Waals surface area contributed by atoms with Crippen LogP contribution in [0.5, 0.6) is 0 Å². The molecule has 0 radical (unpaired) electrons. The number of hydrogen-bond acceptors (Lipinski definition) is 2. The second-order valence-corrected chi connectivity index (χ2v) is 4.57. The molecule has 1 N–H and O–H groups in total. The lowest BCUT2D eigenvalue weighted by molar-refractivity contribution is -0.415. The van der Waals surface area contributed by atoms with Crippen LogP contribution in [0.3, 0.4) is 0 Å². The first kappa shape index (κ1) is 21.5. The molecule has 0 aliphatic carbocycles. The van der Waals surface area contributed by atoms with Gasteiger partial charge in [0.2, 0.25) is 0 Å². The highest BCUT2D eigenvalue weighted by Gasteiger charge is 2.99. The molecule has 17 heteroatoms. The van der Waals surface area contributed by atoms with Gasteiger partial charge in [0, 0.05) is 0 Å². The third-order valence-corrected chi connectivity index (χ3v) is 3.09. The Kier molecular flexibility index (Phi) is 4.12. The van der Waals surface area contributed by atoms with Crippen molar-refractivity contribution in [2.75, 3.05) is 0 Å². The number of alkyl halides is 14. The minimum Gasteiger partial charge on any atom is -0.478 e. The first-order chi connectivity index (χ1) is 10.6. The standard InChI is InChI=1S/C8HF14NO2/c9-2(1(24)25,5(14,15)16)6(17,18)23-7(19,20)3(10,11)4(12,13)8(23,21)22/h(H,24,25)/t2-/m0/s1. The van der Waals surface area contributed by atoms with Crippen molar-refractivity contribution >= 4 is 5.97 Å². The third kappa shape index (κ3) is 2.06. The summed E-state index contributed by atoms with van der Waals surface area (Å²) in [5, 5.41) is 7.90. The van der Waals surface area contributed by atoms with E-state index in [9.17, 15) is 66.3 Å². The summed E-state index contributed by atoms with van der Waals surface area (Å²) in [6.45, 7) is 0. The molecule has 0 aromatic carbocycles. The van der Waals surface area contributed by atoms with E-state index in [-0.39, 0.29) is 0 Å². The molecule has 0 aromatic rings. The zero-order valence-electron chi connectivity index (χ0n) is 10.6. The number of likely N-dealkylation sites (tertiary alicyclic amines) is 1. The smallest absolute Gasteiger partial charge is 0.441 e. The van der Waals surface area contributed by atoms with Gasteiger partial charge >= 0.3 is 47.8 Å². The highest BCUT2D eigenvalue weighted by molar-refractivity contribution is 5.80. The van der Waals surface area contributed by atoms with Crippen LogP contribution in [0.25, 0.3) is 0 Å². The zero-order chi connectivity index (χ0) is 20.7. The largest absolute Gasteiger partial charge is 0.478 e. The Bertz CT molecular complexity index is 556. The SMILES string of the molecule is O=C(O)[C@](F)(C(F)(F)F)C(F)(F)N1C(F)(F)C(F)(F)C(F)(F)C1(F)F. The van der Waals surface area contributed by atoms with Gasteiger partial charge in [0.25, 0.3) is 0 Å². The molecule has 0 spiro atoms. The Labute approximate surface area is 125 Å². The Hall–Kier alpha value is -1.55. The lowest BCUT2D eigenvalue weighted by Gasteiger charge is -2.40. The Balaban J connectivity index is 3.86. The molecule has 1 aliphatic heterocycles. The van der Waals surface area contributed by atoms with Gasteiger partial charge in [-0.25, -0.2) is 9.18 Å². The molecule has 0 bridgehead atoms. The summed E-state index contributed by atoms with van der Waals surface area (Å²) in [5.41, 5.74) is -7.37. The highest BCUT2D eigenvalue weighted by atomic mass is 19.4. The third-order valence-electron chi connectivity index (χ3n) is 3.09. The van der Waals surface area contributed by atoms with E-state index in [1.165, 1.54) is 0 Å². The fraction of sp³-hybridized carbons (Fsp3) is 0.875. The van der Waals surface area contributed by atoms with E-state index in [0.29, 0.717) is 0 Å². The molecule has 1 atom stereocenters. The summed E-state index contributed by atoms with van der Waals surface area (Å²) >= 11 is 0. The van der Waals surface area contributed by atoms with Gasteiger partial charge in [0.15, 0.2) is 0 Å². The number of carboxylic acids is 1. The van der Waals surface area contributed by atoms with Gasteiger partial charge in [-0.05, 0) is 0 Å². The summed E-state index contributed by atoms with van der Waals surface area (Å²) in [6.07, 6.45) is -7.46. The first-order valence-electron chi connectivity index (χ1n) is 5.24. The molecule has 1 fully saturated rings. The Morgan fingerprint density at radius 3 is 1.20 bits per heavy atom. The molecule has 148 valence electrons. The maximum atomic E-state index is 13.4. The van der Waals surface area contributed by atoms with Gasteiger partial charge in [-0.2, -0.15) is 57.1 Å². The highest BCUT2D eigenvalue weighted by Crippen LogP contribution is 2.67. The normalized spacial score (nSPS) is 27.8. The molecule has 0 aromatic heterocycles. The van der Waals surface area contributed by atoms with Crippen LogP contribution in [0.1, 0.15) is 0 Å². The molecular weight excluding hydrogens is 408 g/mol. The van der Waals surface area contributed by atoms with Gasteiger partial charge in [-0.1, -0.05) is 0 Å². The molecule has 0 unspecified atom stereocenters. The van der Waals surface area contributed by atoms with Gasteiger partial charge in [-0.15, -0.1) is 4.90 Å². The molecule has 1 aliphatic rings. The van der Waals surface area contributed by atoms with Crippen LogP contribution >= 0.6 is 0 Å². The van der Waals surface area contributed by atoms with E-state index < -0.39 is 52.7 Å². The van der Waals surface area contributed by atoms with Crippen molar-refractivity contribution in [1.82, 2.24) is 4.90 Å². The van der Waals surface area contributed by atoms with Crippen LogP contribution in [-0.4, -0.2) is 57.8 Å². The quantitative estimate of drug-likeness (QED) is 0.571. The second kappa shape index (κ2) is 4.79. The maximum Gasteiger partial charge on any atom is 0.441 e. The van der Waals surface area contributed by atoms with Gasteiger partial charge in [0.05, 0.1) is 0 Å². The fourth-order valence-electron chi connectivity index (χ4n) is 1.76. The number of rotatable bonds is 3. The first-order valence-corrected chi connectivity index (χ1v) is 5.24. The summed E-state index contributed by atoms with van der Waals surface area (Å²) in [7, 11) is 0. The van der Waals surface area contributed by atoms with Crippen molar-refractivity contribution in [2.24, 2.45) is 0 Å². The summed E-state index contributed by atoms with van der Waals surface area (Å²) < 4.78 is 180. The summed E-state index contributed by atoms with van der Waals surface area (Å²) in [5.74, 6) is -19.3. The second-order valence-electron chi connectivity index (χ2n) is 4.57. The number of halogens is 14. The van der Waals surface area contributed by atoms with E-state index in [1.54, 1.807) is 0 Å². The van der Waals surface area contributed by atoms with Crippen molar-refractivity contribution in [3.05, 3.63) is 0 Å². The van der Waals surface area contributed by atoms with Gasteiger partial charge in [0.1, 0.15) is 0 Å². The van der Waals surface area contributed by atoms with E-state index in [0.717, 1.165) is 0 Å². The fourth-order valence-corrected chi connectivity index (χ4v) is 1.76. The van der Waals surface area contributed by atoms with E-state index in [2.05, 4.69) is 0 Å². The maximum absolute atomic E-state index is 13.4. The van der Waals surface area contributed by atoms with Crippen LogP contribution < -0.4 is 0 Å². The van der Waals surface area contributed by atoms with E-state index in [4.69, 9.17) is 5.11 Å². The monoisotopic (exact) mass is 409 g/mol. The van der Waals surface area contributed by atoms with Crippen LogP contribution in [0.4, 0.5) is 61.5 Å². The summed E-state index contributed by atoms with van der Waals surface area (Å²) in [6, 6.07) is -22.8. The molecule has 1 saturated heterocycles. The minimum absolute atomic E-state index is 4.07. The topological polar surface area (TPSA) is 40.5 Å². The number of carboxylic acid groups (broad SMARTS) is 1.